The SMILES string of the molecule is O=C(O)c1ccc(-c2cccc(F)c2)c(-c2cccc(F)c2)n1. The Kier molecular flexibility index (Phi) is 3.85. The molecule has 0 bridgehead atoms. The van der Waals surface area contributed by atoms with Gasteiger partial charge in [0.25, 0.3) is 0 Å². The van der Waals surface area contributed by atoms with Crippen LogP contribution in [0.2, 0.25) is 0 Å². The second-order valence-corrected chi connectivity index (χ2v) is 4.92. The topological polar surface area (TPSA) is 50.2 Å². The number of aromatic carboxylic acids is 1. The van der Waals surface area contributed by atoms with Crippen LogP contribution in [0, 0.1) is 11.6 Å². The highest BCUT2D eigenvalue weighted by Gasteiger charge is 2.14. The summed E-state index contributed by atoms with van der Waals surface area (Å²) in [4.78, 5) is 15.3. The van der Waals surface area contributed by atoms with Crippen molar-refractivity contribution in [2.45, 2.75) is 0 Å². The van der Waals surface area contributed by atoms with Crippen LogP contribution in [0.1, 0.15) is 10.5 Å². The molecule has 0 aliphatic rings. The van der Waals surface area contributed by atoms with E-state index in [-0.39, 0.29) is 11.4 Å². The van der Waals surface area contributed by atoms with Crippen molar-refractivity contribution >= 4 is 5.97 Å². The van der Waals surface area contributed by atoms with E-state index >= 15 is 0 Å². The number of hydrogen-bond donors (Lipinski definition) is 1. The van der Waals surface area contributed by atoms with Gasteiger partial charge < -0.3 is 5.11 Å². The van der Waals surface area contributed by atoms with Crippen LogP contribution >= 0.6 is 0 Å². The molecule has 1 N–H and O–H groups in total. The largest absolute Gasteiger partial charge is 0.477 e. The summed E-state index contributed by atoms with van der Waals surface area (Å²) >= 11 is 0. The Balaban J connectivity index is 2.25. The zero-order chi connectivity index (χ0) is 16.4. The summed E-state index contributed by atoms with van der Waals surface area (Å²) in [6.07, 6.45) is 0. The monoisotopic (exact) mass is 311 g/mol. The van der Waals surface area contributed by atoms with Crippen molar-refractivity contribution in [1.82, 2.24) is 4.98 Å². The average molecular weight is 311 g/mol. The molecule has 3 aromatic rings. The van der Waals surface area contributed by atoms with E-state index in [2.05, 4.69) is 4.98 Å². The van der Waals surface area contributed by atoms with E-state index in [4.69, 9.17) is 5.11 Å². The standard InChI is InChI=1S/C18H11F2NO2/c19-13-5-1-3-11(9-13)15-7-8-16(18(22)23)21-17(15)12-4-2-6-14(20)10-12/h1-10H,(H,22,23). The first kappa shape index (κ1) is 14.8. The quantitative estimate of drug-likeness (QED) is 0.780. The van der Waals surface area contributed by atoms with Gasteiger partial charge in [-0.2, -0.15) is 0 Å². The Bertz CT molecular complexity index is 894. The number of carboxylic acid groups (broad SMARTS) is 1. The van der Waals surface area contributed by atoms with Gasteiger partial charge in [0.15, 0.2) is 0 Å². The summed E-state index contributed by atoms with van der Waals surface area (Å²) in [6, 6.07) is 14.4. The first-order chi connectivity index (χ1) is 11.0. The normalized spacial score (nSPS) is 10.5. The van der Waals surface area contributed by atoms with E-state index in [0.29, 0.717) is 16.7 Å². The minimum Gasteiger partial charge on any atom is -0.477 e. The molecule has 0 saturated heterocycles. The molecular formula is C18H11F2NO2. The van der Waals surface area contributed by atoms with Gasteiger partial charge in [-0.3, -0.25) is 0 Å². The highest BCUT2D eigenvalue weighted by atomic mass is 19.1. The summed E-state index contributed by atoms with van der Waals surface area (Å²) < 4.78 is 27.0. The van der Waals surface area contributed by atoms with Gasteiger partial charge in [0.05, 0.1) is 5.69 Å². The van der Waals surface area contributed by atoms with Crippen LogP contribution in [-0.4, -0.2) is 16.1 Å². The molecule has 2 aromatic carbocycles. The third kappa shape index (κ3) is 3.08. The molecule has 0 fully saturated rings. The van der Waals surface area contributed by atoms with Crippen molar-refractivity contribution in [3.8, 4) is 22.4 Å². The number of aromatic nitrogens is 1. The molecule has 0 aliphatic heterocycles. The summed E-state index contributed by atoms with van der Waals surface area (Å²) in [5.74, 6) is -2.07. The van der Waals surface area contributed by atoms with Gasteiger partial charge in [0.2, 0.25) is 0 Å². The number of carboxylic acids is 1. The molecule has 0 radical (unpaired) electrons. The summed E-state index contributed by atoms with van der Waals surface area (Å²) in [5.41, 5.74) is 1.61. The van der Waals surface area contributed by atoms with Crippen LogP contribution in [0.25, 0.3) is 22.4 Å². The van der Waals surface area contributed by atoms with Crippen LogP contribution in [0.15, 0.2) is 60.7 Å². The summed E-state index contributed by atoms with van der Waals surface area (Å²) in [6.45, 7) is 0. The van der Waals surface area contributed by atoms with Crippen molar-refractivity contribution in [3.63, 3.8) is 0 Å². The lowest BCUT2D eigenvalue weighted by Gasteiger charge is -2.10. The molecule has 5 heteroatoms. The molecule has 3 nitrogen and oxygen atoms in total. The minimum absolute atomic E-state index is 0.163. The van der Waals surface area contributed by atoms with Crippen LogP contribution < -0.4 is 0 Å². The number of halogens is 2. The Morgan fingerprint density at radius 1 is 0.870 bits per heavy atom. The van der Waals surface area contributed by atoms with Gasteiger partial charge in [-0.25, -0.2) is 18.6 Å². The Labute approximate surface area is 130 Å². The first-order valence-electron chi connectivity index (χ1n) is 6.81. The van der Waals surface area contributed by atoms with E-state index in [9.17, 15) is 13.6 Å². The number of hydrogen-bond acceptors (Lipinski definition) is 2. The Hall–Kier alpha value is -3.08. The predicted octanol–water partition coefficient (Wildman–Crippen LogP) is 4.39. The predicted molar refractivity (Wildman–Crippen MR) is 82.0 cm³/mol. The molecule has 0 aliphatic carbocycles. The number of rotatable bonds is 3. The van der Waals surface area contributed by atoms with Gasteiger partial charge in [-0.1, -0.05) is 24.3 Å². The van der Waals surface area contributed by atoms with E-state index < -0.39 is 17.6 Å². The number of benzene rings is 2. The molecular weight excluding hydrogens is 300 g/mol. The van der Waals surface area contributed by atoms with Gasteiger partial charge in [-0.15, -0.1) is 0 Å². The zero-order valence-corrected chi connectivity index (χ0v) is 11.8. The highest BCUT2D eigenvalue weighted by Crippen LogP contribution is 2.31. The maximum atomic E-state index is 13.5. The molecule has 1 heterocycles. The number of nitrogens with zero attached hydrogens (tertiary/aromatic N) is 1. The van der Waals surface area contributed by atoms with Gasteiger partial charge in [0.1, 0.15) is 17.3 Å². The molecule has 114 valence electrons. The highest BCUT2D eigenvalue weighted by molar-refractivity contribution is 5.89. The third-order valence-electron chi connectivity index (χ3n) is 3.35. The molecule has 1 aromatic heterocycles. The molecule has 0 unspecified atom stereocenters. The smallest absolute Gasteiger partial charge is 0.354 e. The van der Waals surface area contributed by atoms with E-state index in [1.807, 2.05) is 0 Å². The maximum absolute atomic E-state index is 13.5. The fourth-order valence-electron chi connectivity index (χ4n) is 2.32. The second-order valence-electron chi connectivity index (χ2n) is 4.92. The summed E-state index contributed by atoms with van der Waals surface area (Å²) in [7, 11) is 0. The number of carbonyl (C=O) groups is 1. The zero-order valence-electron chi connectivity index (χ0n) is 11.8. The van der Waals surface area contributed by atoms with Crippen LogP contribution in [0.5, 0.6) is 0 Å². The molecule has 3 rings (SSSR count). The van der Waals surface area contributed by atoms with Crippen molar-refractivity contribution < 1.29 is 18.7 Å². The molecule has 0 saturated carbocycles. The van der Waals surface area contributed by atoms with Crippen molar-refractivity contribution in [2.75, 3.05) is 0 Å². The molecule has 23 heavy (non-hydrogen) atoms. The molecule has 0 amide bonds. The fraction of sp³-hybridized carbons (Fsp3) is 0. The second kappa shape index (κ2) is 5.96. The van der Waals surface area contributed by atoms with Gasteiger partial charge in [-0.05, 0) is 42.0 Å². The van der Waals surface area contributed by atoms with Crippen LogP contribution in [0.3, 0.4) is 0 Å². The fourth-order valence-corrected chi connectivity index (χ4v) is 2.32. The van der Waals surface area contributed by atoms with E-state index in [0.717, 1.165) is 0 Å². The Morgan fingerprint density at radius 2 is 1.48 bits per heavy atom. The lowest BCUT2D eigenvalue weighted by molar-refractivity contribution is 0.0690. The summed E-state index contributed by atoms with van der Waals surface area (Å²) in [5, 5.41) is 9.12. The van der Waals surface area contributed by atoms with Gasteiger partial charge >= 0.3 is 5.97 Å². The number of pyridine rings is 1. The van der Waals surface area contributed by atoms with Crippen LogP contribution in [0.4, 0.5) is 8.78 Å². The maximum Gasteiger partial charge on any atom is 0.354 e. The average Bonchev–Trinajstić information content (AvgIpc) is 2.54. The molecule has 0 spiro atoms. The van der Waals surface area contributed by atoms with E-state index in [1.54, 1.807) is 24.3 Å². The first-order valence-corrected chi connectivity index (χ1v) is 6.81. The minimum atomic E-state index is -1.19. The van der Waals surface area contributed by atoms with Crippen LogP contribution in [-0.2, 0) is 0 Å². The van der Waals surface area contributed by atoms with E-state index in [1.165, 1.54) is 36.4 Å². The van der Waals surface area contributed by atoms with Crippen molar-refractivity contribution in [3.05, 3.63) is 78.0 Å². The van der Waals surface area contributed by atoms with Crippen molar-refractivity contribution in [1.29, 1.82) is 0 Å². The third-order valence-corrected chi connectivity index (χ3v) is 3.35. The lowest BCUT2D eigenvalue weighted by Crippen LogP contribution is -2.02. The Morgan fingerprint density at radius 3 is 2.09 bits per heavy atom. The molecule has 0 atom stereocenters. The lowest BCUT2D eigenvalue weighted by atomic mass is 9.98. The van der Waals surface area contributed by atoms with Crippen molar-refractivity contribution in [2.24, 2.45) is 0 Å². The van der Waals surface area contributed by atoms with Gasteiger partial charge in [0, 0.05) is 11.1 Å².